The summed E-state index contributed by atoms with van der Waals surface area (Å²) >= 11 is 0. The Balaban J connectivity index is 2.40. The number of hydrogen-bond acceptors (Lipinski definition) is 10. The summed E-state index contributed by atoms with van der Waals surface area (Å²) in [6, 6.07) is 0. The van der Waals surface area contributed by atoms with Gasteiger partial charge in [-0.15, -0.1) is 0 Å². The lowest BCUT2D eigenvalue weighted by Crippen LogP contribution is -2.60. The maximum Gasteiger partial charge on any atom is 0.335 e. The third kappa shape index (κ3) is 25.0. The molecule has 1 saturated heterocycles. The molecular formula is C42H70O11. The van der Waals surface area contributed by atoms with Crippen LogP contribution in [0.25, 0.3) is 0 Å². The van der Waals surface area contributed by atoms with Crippen molar-refractivity contribution in [2.45, 2.75) is 185 Å². The van der Waals surface area contributed by atoms with Crippen LogP contribution in [0.3, 0.4) is 0 Å². The zero-order valence-electron chi connectivity index (χ0n) is 32.5. The Morgan fingerprint density at radius 2 is 1.11 bits per heavy atom. The first-order valence-corrected chi connectivity index (χ1v) is 20.2. The van der Waals surface area contributed by atoms with Gasteiger partial charge in [0, 0.05) is 12.8 Å². The quantitative estimate of drug-likeness (QED) is 0.0301. The van der Waals surface area contributed by atoms with E-state index >= 15 is 0 Å². The third-order valence-corrected chi connectivity index (χ3v) is 8.89. The number of aliphatic carboxylic acids is 1. The Morgan fingerprint density at radius 1 is 0.604 bits per heavy atom. The van der Waals surface area contributed by atoms with Crippen molar-refractivity contribution in [1.82, 2.24) is 0 Å². The predicted molar refractivity (Wildman–Crippen MR) is 206 cm³/mol. The molecule has 1 aliphatic heterocycles. The molecule has 1 rings (SSSR count). The number of unbranched alkanes of at least 4 members (excludes halogenated alkanes) is 13. The summed E-state index contributed by atoms with van der Waals surface area (Å²) in [4.78, 5) is 36.6. The van der Waals surface area contributed by atoms with Crippen molar-refractivity contribution in [3.8, 4) is 0 Å². The van der Waals surface area contributed by atoms with Gasteiger partial charge in [-0.1, -0.05) is 120 Å². The second kappa shape index (κ2) is 32.6. The Bertz CT molecular complexity index is 1070. The van der Waals surface area contributed by atoms with Gasteiger partial charge in [0.1, 0.15) is 24.9 Å². The third-order valence-electron chi connectivity index (χ3n) is 8.89. The van der Waals surface area contributed by atoms with E-state index in [1.54, 1.807) is 0 Å². The van der Waals surface area contributed by atoms with Gasteiger partial charge in [-0.3, -0.25) is 9.59 Å². The largest absolute Gasteiger partial charge is 0.479 e. The highest BCUT2D eigenvalue weighted by molar-refractivity contribution is 5.73. The van der Waals surface area contributed by atoms with Crippen LogP contribution in [0, 0.1) is 0 Å². The minimum atomic E-state index is -1.86. The summed E-state index contributed by atoms with van der Waals surface area (Å²) in [6.45, 7) is 3.59. The van der Waals surface area contributed by atoms with Crippen LogP contribution < -0.4 is 0 Å². The van der Waals surface area contributed by atoms with E-state index in [2.05, 4.69) is 62.5 Å². The van der Waals surface area contributed by atoms with E-state index in [1.807, 2.05) is 0 Å². The van der Waals surface area contributed by atoms with Crippen molar-refractivity contribution < 1.29 is 53.8 Å². The van der Waals surface area contributed by atoms with Gasteiger partial charge in [0.2, 0.25) is 0 Å². The van der Waals surface area contributed by atoms with Gasteiger partial charge in [0.25, 0.3) is 0 Å². The summed E-state index contributed by atoms with van der Waals surface area (Å²) in [5, 5.41) is 39.7. The van der Waals surface area contributed by atoms with Crippen molar-refractivity contribution >= 4 is 17.9 Å². The average molecular weight is 751 g/mol. The van der Waals surface area contributed by atoms with E-state index in [-0.39, 0.29) is 19.4 Å². The van der Waals surface area contributed by atoms with Crippen molar-refractivity contribution in [3.63, 3.8) is 0 Å². The van der Waals surface area contributed by atoms with Crippen LogP contribution in [0.15, 0.2) is 48.6 Å². The first kappa shape index (κ1) is 48.2. The SMILES string of the molecule is CC/C=C\C/C=C\C/C=C\CCCCCCCCCC(=O)OCC(COC1OC(C(=O)O)C(O)C(O)C1O)OC(=O)CCCCCCC/C=C\CCC. The summed E-state index contributed by atoms with van der Waals surface area (Å²) in [7, 11) is 0. The Hall–Kier alpha value is -2.83. The molecule has 6 atom stereocenters. The average Bonchev–Trinajstić information content (AvgIpc) is 3.14. The van der Waals surface area contributed by atoms with Crippen molar-refractivity contribution in [3.05, 3.63) is 48.6 Å². The highest BCUT2D eigenvalue weighted by Crippen LogP contribution is 2.23. The number of carboxylic acids is 1. The van der Waals surface area contributed by atoms with Crippen molar-refractivity contribution in [2.75, 3.05) is 13.2 Å². The van der Waals surface area contributed by atoms with Gasteiger partial charge >= 0.3 is 17.9 Å². The van der Waals surface area contributed by atoms with E-state index in [9.17, 15) is 34.8 Å². The van der Waals surface area contributed by atoms with Crippen LogP contribution in [0.2, 0.25) is 0 Å². The van der Waals surface area contributed by atoms with Crippen LogP contribution >= 0.6 is 0 Å². The monoisotopic (exact) mass is 750 g/mol. The van der Waals surface area contributed by atoms with Gasteiger partial charge in [0.05, 0.1) is 6.61 Å². The molecule has 4 N–H and O–H groups in total. The second-order valence-electron chi connectivity index (χ2n) is 13.7. The summed E-state index contributed by atoms with van der Waals surface area (Å²) in [5.74, 6) is -2.48. The number of aliphatic hydroxyl groups is 3. The van der Waals surface area contributed by atoms with Crippen LogP contribution in [-0.2, 0) is 33.3 Å². The molecule has 304 valence electrons. The molecule has 0 saturated carbocycles. The summed E-state index contributed by atoms with van der Waals surface area (Å²) < 4.78 is 21.6. The zero-order valence-corrected chi connectivity index (χ0v) is 32.5. The molecule has 0 aromatic rings. The van der Waals surface area contributed by atoms with Crippen molar-refractivity contribution in [2.24, 2.45) is 0 Å². The van der Waals surface area contributed by atoms with Crippen LogP contribution in [0.5, 0.6) is 0 Å². The van der Waals surface area contributed by atoms with E-state index < -0.39 is 61.3 Å². The first-order valence-electron chi connectivity index (χ1n) is 20.2. The zero-order chi connectivity index (χ0) is 38.9. The van der Waals surface area contributed by atoms with Crippen LogP contribution in [0.4, 0.5) is 0 Å². The van der Waals surface area contributed by atoms with Gasteiger partial charge in [-0.25, -0.2) is 4.79 Å². The molecule has 1 heterocycles. The molecule has 11 nitrogen and oxygen atoms in total. The molecule has 1 aliphatic rings. The fourth-order valence-corrected chi connectivity index (χ4v) is 5.72. The lowest BCUT2D eigenvalue weighted by Gasteiger charge is -2.38. The van der Waals surface area contributed by atoms with E-state index in [0.717, 1.165) is 96.3 Å². The Labute approximate surface area is 318 Å². The molecule has 0 aliphatic carbocycles. The molecule has 1 fully saturated rings. The molecule has 0 radical (unpaired) electrons. The minimum Gasteiger partial charge on any atom is -0.479 e. The minimum absolute atomic E-state index is 0.168. The summed E-state index contributed by atoms with van der Waals surface area (Å²) in [5.41, 5.74) is 0. The van der Waals surface area contributed by atoms with Crippen LogP contribution in [0.1, 0.15) is 149 Å². The second-order valence-corrected chi connectivity index (χ2v) is 13.7. The van der Waals surface area contributed by atoms with Gasteiger partial charge in [0.15, 0.2) is 18.5 Å². The number of hydrogen-bond donors (Lipinski definition) is 4. The van der Waals surface area contributed by atoms with Gasteiger partial charge in [-0.2, -0.15) is 0 Å². The molecule has 6 unspecified atom stereocenters. The number of carbonyl (C=O) groups excluding carboxylic acids is 2. The number of carbonyl (C=O) groups is 3. The Kier molecular flexibility index (Phi) is 29.6. The van der Waals surface area contributed by atoms with Crippen LogP contribution in [-0.4, -0.2) is 88.4 Å². The standard InChI is InChI=1S/C42H70O11/c1-3-5-7-9-11-13-15-16-17-18-19-20-21-23-24-26-28-30-35(43)50-32-34(33-51-42-39(47)37(45)38(46)40(53-42)41(48)49)52-36(44)31-29-27-25-22-14-12-10-8-6-4-2/h5,7-8,10-11,13,16-17,34,37-40,42,45-47H,3-4,6,9,12,14-15,18-33H2,1-2H3,(H,48,49)/b7-5-,10-8-,13-11-,17-16-. The number of rotatable bonds is 32. The fraction of sp³-hybridized carbons (Fsp3) is 0.738. The predicted octanol–water partition coefficient (Wildman–Crippen LogP) is 7.81. The highest BCUT2D eigenvalue weighted by atomic mass is 16.7. The lowest BCUT2D eigenvalue weighted by atomic mass is 9.99. The maximum absolute atomic E-state index is 12.7. The van der Waals surface area contributed by atoms with E-state index in [1.165, 1.54) is 12.8 Å². The molecule has 53 heavy (non-hydrogen) atoms. The smallest absolute Gasteiger partial charge is 0.335 e. The number of esters is 2. The molecule has 0 aromatic heterocycles. The molecule has 11 heteroatoms. The topological polar surface area (TPSA) is 169 Å². The van der Waals surface area contributed by atoms with E-state index in [4.69, 9.17) is 18.9 Å². The van der Waals surface area contributed by atoms with E-state index in [0.29, 0.717) is 12.8 Å². The number of carboxylic acid groups (broad SMARTS) is 1. The number of aliphatic hydroxyl groups excluding tert-OH is 3. The molecule has 0 bridgehead atoms. The lowest BCUT2D eigenvalue weighted by molar-refractivity contribution is -0.298. The maximum atomic E-state index is 12.7. The Morgan fingerprint density at radius 3 is 1.70 bits per heavy atom. The molecule has 0 amide bonds. The number of allylic oxidation sites excluding steroid dienone is 8. The molecule has 0 spiro atoms. The number of ether oxygens (including phenoxy) is 4. The molecular weight excluding hydrogens is 680 g/mol. The van der Waals surface area contributed by atoms with Gasteiger partial charge < -0.3 is 39.4 Å². The summed E-state index contributed by atoms with van der Waals surface area (Å²) in [6.07, 6.45) is 27.5. The highest BCUT2D eigenvalue weighted by Gasteiger charge is 2.47. The fourth-order valence-electron chi connectivity index (χ4n) is 5.72. The van der Waals surface area contributed by atoms with Gasteiger partial charge in [-0.05, 0) is 64.2 Å². The van der Waals surface area contributed by atoms with Crippen molar-refractivity contribution in [1.29, 1.82) is 0 Å². The normalized spacial score (nSPS) is 21.3. The first-order chi connectivity index (χ1) is 25.7. The molecule has 0 aromatic carbocycles.